The number of benzene rings is 4. The Bertz CT molecular complexity index is 1460. The van der Waals surface area contributed by atoms with Gasteiger partial charge in [0.2, 0.25) is 23.2 Å². The van der Waals surface area contributed by atoms with E-state index < -0.39 is 11.6 Å². The normalized spacial score (nSPS) is 10.6. The van der Waals surface area contributed by atoms with E-state index in [2.05, 4.69) is 5.32 Å². The first-order valence-electron chi connectivity index (χ1n) is 13.3. The predicted molar refractivity (Wildman–Crippen MR) is 154 cm³/mol. The molecule has 0 spiro atoms. The summed E-state index contributed by atoms with van der Waals surface area (Å²) in [4.78, 5) is 12.7. The third-order valence-electron chi connectivity index (χ3n) is 6.46. The van der Waals surface area contributed by atoms with Crippen molar-refractivity contribution in [2.45, 2.75) is 26.1 Å². The molecule has 4 aromatic rings. The van der Waals surface area contributed by atoms with E-state index in [0.717, 1.165) is 17.2 Å². The van der Waals surface area contributed by atoms with Crippen molar-refractivity contribution in [1.82, 2.24) is 5.32 Å². The topological polar surface area (TPSA) is 75.3 Å². The molecule has 0 aromatic heterocycles. The molecular formula is C33H33F2NO6. The van der Waals surface area contributed by atoms with Gasteiger partial charge in [-0.3, -0.25) is 4.79 Å². The van der Waals surface area contributed by atoms with Crippen molar-refractivity contribution < 1.29 is 37.3 Å². The van der Waals surface area contributed by atoms with Crippen LogP contribution >= 0.6 is 0 Å². The standard InChI is InChI=1S/C33H33F2NO6/c1-38-27-16-24(17-28(39-2)32(27)40-3)18-29(37)36-15-14-25-19-26(34)31(41-20-22-10-6-4-7-11-22)33(30(25)35)42-21-23-12-8-5-9-13-23/h4-13,16-17,19H,14-15,18,20-21H2,1-3H3,(H,36,37). The molecule has 9 heteroatoms. The summed E-state index contributed by atoms with van der Waals surface area (Å²) in [6.45, 7) is 0.130. The summed E-state index contributed by atoms with van der Waals surface area (Å²) in [5.41, 5.74) is 2.27. The zero-order valence-electron chi connectivity index (χ0n) is 23.7. The summed E-state index contributed by atoms with van der Waals surface area (Å²) in [5, 5.41) is 2.76. The van der Waals surface area contributed by atoms with Crippen LogP contribution in [-0.4, -0.2) is 33.8 Å². The Kier molecular flexibility index (Phi) is 10.6. The van der Waals surface area contributed by atoms with Crippen LogP contribution in [0.1, 0.15) is 22.3 Å². The molecule has 1 amide bonds. The second-order valence-electron chi connectivity index (χ2n) is 9.35. The largest absolute Gasteiger partial charge is 0.493 e. The molecule has 0 saturated carbocycles. The zero-order valence-corrected chi connectivity index (χ0v) is 23.7. The Morgan fingerprint density at radius 3 is 1.76 bits per heavy atom. The van der Waals surface area contributed by atoms with Gasteiger partial charge in [-0.15, -0.1) is 0 Å². The summed E-state index contributed by atoms with van der Waals surface area (Å²) in [7, 11) is 4.48. The smallest absolute Gasteiger partial charge is 0.224 e. The van der Waals surface area contributed by atoms with Gasteiger partial charge in [0, 0.05) is 6.54 Å². The van der Waals surface area contributed by atoms with Crippen LogP contribution in [-0.2, 0) is 30.8 Å². The van der Waals surface area contributed by atoms with Gasteiger partial charge in [0.05, 0.1) is 27.8 Å². The lowest BCUT2D eigenvalue weighted by molar-refractivity contribution is -0.120. The lowest BCUT2D eigenvalue weighted by atomic mass is 10.1. The van der Waals surface area contributed by atoms with E-state index in [1.807, 2.05) is 60.7 Å². The first-order chi connectivity index (χ1) is 20.4. The molecule has 42 heavy (non-hydrogen) atoms. The average molecular weight is 578 g/mol. The van der Waals surface area contributed by atoms with E-state index in [1.165, 1.54) is 21.3 Å². The number of halogens is 2. The number of hydrogen-bond acceptors (Lipinski definition) is 6. The van der Waals surface area contributed by atoms with E-state index in [4.69, 9.17) is 23.7 Å². The van der Waals surface area contributed by atoms with Gasteiger partial charge in [-0.2, -0.15) is 0 Å². The Balaban J connectivity index is 1.47. The van der Waals surface area contributed by atoms with Gasteiger partial charge in [0.1, 0.15) is 13.2 Å². The van der Waals surface area contributed by atoms with Crippen molar-refractivity contribution in [3.63, 3.8) is 0 Å². The number of ether oxygens (including phenoxy) is 5. The highest BCUT2D eigenvalue weighted by molar-refractivity contribution is 5.79. The van der Waals surface area contributed by atoms with Crippen LogP contribution in [0, 0.1) is 11.6 Å². The van der Waals surface area contributed by atoms with Crippen LogP contribution in [0.25, 0.3) is 0 Å². The van der Waals surface area contributed by atoms with Crippen LogP contribution < -0.4 is 29.0 Å². The van der Waals surface area contributed by atoms with Gasteiger partial charge in [0.25, 0.3) is 0 Å². The predicted octanol–water partition coefficient (Wildman–Crippen LogP) is 6.05. The SMILES string of the molecule is COc1cc(CC(=O)NCCc2cc(F)c(OCc3ccccc3)c(OCc3ccccc3)c2F)cc(OC)c1OC. The average Bonchev–Trinajstić information content (AvgIpc) is 3.01. The molecule has 0 bridgehead atoms. The third kappa shape index (κ3) is 7.69. The van der Waals surface area contributed by atoms with Crippen LogP contribution in [0.3, 0.4) is 0 Å². The van der Waals surface area contributed by atoms with Gasteiger partial charge in [-0.25, -0.2) is 8.78 Å². The quantitative estimate of drug-likeness (QED) is 0.197. The van der Waals surface area contributed by atoms with Crippen LogP contribution in [0.15, 0.2) is 78.9 Å². The zero-order chi connectivity index (χ0) is 29.9. The minimum atomic E-state index is -0.755. The summed E-state index contributed by atoms with van der Waals surface area (Å²) in [6, 6.07) is 22.8. The molecule has 0 aliphatic heterocycles. The number of hydrogen-bond donors (Lipinski definition) is 1. The van der Waals surface area contributed by atoms with Crippen molar-refractivity contribution in [2.24, 2.45) is 0 Å². The van der Waals surface area contributed by atoms with Gasteiger partial charge in [-0.1, -0.05) is 60.7 Å². The van der Waals surface area contributed by atoms with Crippen LogP contribution in [0.5, 0.6) is 28.7 Å². The first kappa shape index (κ1) is 30.2. The van der Waals surface area contributed by atoms with Gasteiger partial charge < -0.3 is 29.0 Å². The van der Waals surface area contributed by atoms with Crippen molar-refractivity contribution in [2.75, 3.05) is 27.9 Å². The molecule has 0 saturated heterocycles. The molecule has 0 atom stereocenters. The Hall–Kier alpha value is -4.79. The Labute approximate surface area is 243 Å². The van der Waals surface area contributed by atoms with E-state index in [0.29, 0.717) is 22.8 Å². The lowest BCUT2D eigenvalue weighted by Crippen LogP contribution is -2.27. The van der Waals surface area contributed by atoms with E-state index in [-0.39, 0.29) is 55.6 Å². The number of carbonyl (C=O) groups excluding carboxylic acids is 1. The van der Waals surface area contributed by atoms with E-state index >= 15 is 8.78 Å². The number of methoxy groups -OCH3 is 3. The molecular weight excluding hydrogens is 544 g/mol. The number of rotatable bonds is 14. The van der Waals surface area contributed by atoms with Crippen molar-refractivity contribution in [3.05, 3.63) is 113 Å². The molecule has 0 fully saturated rings. The second kappa shape index (κ2) is 14.7. The Morgan fingerprint density at radius 2 is 1.24 bits per heavy atom. The summed E-state index contributed by atoms with van der Waals surface area (Å²) in [5.74, 6) is -1.15. The highest BCUT2D eigenvalue weighted by Crippen LogP contribution is 2.39. The maximum absolute atomic E-state index is 15.7. The molecule has 0 aliphatic carbocycles. The minimum absolute atomic E-state index is 0.0191. The fourth-order valence-electron chi connectivity index (χ4n) is 4.36. The summed E-state index contributed by atoms with van der Waals surface area (Å²) >= 11 is 0. The first-order valence-corrected chi connectivity index (χ1v) is 13.3. The van der Waals surface area contributed by atoms with Gasteiger partial charge >= 0.3 is 0 Å². The maximum atomic E-state index is 15.7. The van der Waals surface area contributed by atoms with E-state index in [1.54, 1.807) is 12.1 Å². The maximum Gasteiger partial charge on any atom is 0.224 e. The highest BCUT2D eigenvalue weighted by Gasteiger charge is 2.22. The van der Waals surface area contributed by atoms with Crippen molar-refractivity contribution >= 4 is 5.91 Å². The molecule has 0 unspecified atom stereocenters. The number of amides is 1. The summed E-state index contributed by atoms with van der Waals surface area (Å²) < 4.78 is 58.5. The summed E-state index contributed by atoms with van der Waals surface area (Å²) in [6.07, 6.45) is 0.0513. The van der Waals surface area contributed by atoms with Crippen molar-refractivity contribution in [3.8, 4) is 28.7 Å². The Morgan fingerprint density at radius 1 is 0.690 bits per heavy atom. The van der Waals surface area contributed by atoms with Crippen LogP contribution in [0.2, 0.25) is 0 Å². The lowest BCUT2D eigenvalue weighted by Gasteiger charge is -2.17. The number of carbonyl (C=O) groups is 1. The molecule has 0 radical (unpaired) electrons. The highest BCUT2D eigenvalue weighted by atomic mass is 19.1. The minimum Gasteiger partial charge on any atom is -0.493 e. The molecule has 7 nitrogen and oxygen atoms in total. The number of nitrogens with one attached hydrogen (secondary N) is 1. The molecule has 4 rings (SSSR count). The fraction of sp³-hybridized carbons (Fsp3) is 0.242. The molecule has 0 aliphatic rings. The van der Waals surface area contributed by atoms with Gasteiger partial charge in [0.15, 0.2) is 23.1 Å². The molecule has 220 valence electrons. The molecule has 4 aromatic carbocycles. The van der Waals surface area contributed by atoms with Gasteiger partial charge in [-0.05, 0) is 46.9 Å². The second-order valence-corrected chi connectivity index (χ2v) is 9.35. The monoisotopic (exact) mass is 577 g/mol. The molecule has 0 heterocycles. The molecule has 1 N–H and O–H groups in total. The fourth-order valence-corrected chi connectivity index (χ4v) is 4.36. The van der Waals surface area contributed by atoms with Crippen LogP contribution in [0.4, 0.5) is 8.78 Å². The third-order valence-corrected chi connectivity index (χ3v) is 6.46. The van der Waals surface area contributed by atoms with E-state index in [9.17, 15) is 4.79 Å². The van der Waals surface area contributed by atoms with Crippen molar-refractivity contribution in [1.29, 1.82) is 0 Å².